The van der Waals surface area contributed by atoms with Crippen molar-refractivity contribution in [2.24, 2.45) is 0 Å². The molecule has 2 rings (SSSR count). The molecule has 5 nitrogen and oxygen atoms in total. The maximum atomic E-state index is 10.7. The molecule has 1 aromatic carbocycles. The number of aromatic carboxylic acids is 1. The maximum Gasteiger partial charge on any atom is 0.353 e. The van der Waals surface area contributed by atoms with Crippen molar-refractivity contribution in [3.63, 3.8) is 0 Å². The molecule has 82 valence electrons. The molecule has 1 heterocycles. The summed E-state index contributed by atoms with van der Waals surface area (Å²) < 4.78 is 0. The zero-order chi connectivity index (χ0) is 11.7. The molecule has 0 saturated heterocycles. The van der Waals surface area contributed by atoms with E-state index in [2.05, 4.69) is 10.2 Å². The van der Waals surface area contributed by atoms with Gasteiger partial charge in [-0.15, -0.1) is 0 Å². The summed E-state index contributed by atoms with van der Waals surface area (Å²) in [6.07, 6.45) is 0. The van der Waals surface area contributed by atoms with Gasteiger partial charge < -0.3 is 10.2 Å². The van der Waals surface area contributed by atoms with Gasteiger partial charge in [-0.1, -0.05) is 6.07 Å². The van der Waals surface area contributed by atoms with Gasteiger partial charge in [-0.05, 0) is 30.7 Å². The summed E-state index contributed by atoms with van der Waals surface area (Å²) in [5.74, 6) is -0.992. The first kappa shape index (κ1) is 10.2. The molecule has 0 atom stereocenters. The van der Waals surface area contributed by atoms with E-state index < -0.39 is 5.97 Å². The normalized spacial score (nSPS) is 10.3. The quantitative estimate of drug-likeness (QED) is 0.717. The summed E-state index contributed by atoms with van der Waals surface area (Å²) in [5, 5.41) is 24.6. The number of nitrogens with one attached hydrogen (secondary N) is 1. The molecular formula is C11H10N2O3. The van der Waals surface area contributed by atoms with Crippen LogP contribution in [0.15, 0.2) is 24.3 Å². The van der Waals surface area contributed by atoms with Gasteiger partial charge in [-0.3, -0.25) is 5.10 Å². The van der Waals surface area contributed by atoms with Crippen LogP contribution in [0.1, 0.15) is 16.1 Å². The van der Waals surface area contributed by atoms with Gasteiger partial charge in [0.25, 0.3) is 0 Å². The second-order valence-corrected chi connectivity index (χ2v) is 3.49. The van der Waals surface area contributed by atoms with Gasteiger partial charge >= 0.3 is 5.97 Å². The molecule has 0 radical (unpaired) electrons. The van der Waals surface area contributed by atoms with Crippen LogP contribution in [0.25, 0.3) is 11.3 Å². The lowest BCUT2D eigenvalue weighted by molar-refractivity contribution is 0.0690. The number of carboxylic acids is 1. The van der Waals surface area contributed by atoms with E-state index in [1.165, 1.54) is 6.07 Å². The van der Waals surface area contributed by atoms with Crippen LogP contribution < -0.4 is 0 Å². The first-order valence-electron chi connectivity index (χ1n) is 4.66. The number of H-pyrrole nitrogens is 1. The van der Waals surface area contributed by atoms with Crippen LogP contribution in [0.3, 0.4) is 0 Å². The number of aryl methyl sites for hydroxylation is 1. The second-order valence-electron chi connectivity index (χ2n) is 3.49. The predicted octanol–water partition coefficient (Wildman–Crippen LogP) is 1.79. The van der Waals surface area contributed by atoms with Gasteiger partial charge in [-0.25, -0.2) is 4.79 Å². The van der Waals surface area contributed by atoms with Crippen LogP contribution in [0.5, 0.6) is 5.75 Å². The first-order valence-corrected chi connectivity index (χ1v) is 4.66. The number of hydrogen-bond donors (Lipinski definition) is 3. The number of rotatable bonds is 2. The number of phenols is 1. The Kier molecular flexibility index (Phi) is 2.36. The number of carbonyl (C=O) groups is 1. The van der Waals surface area contributed by atoms with Crippen molar-refractivity contribution in [1.29, 1.82) is 0 Å². The van der Waals surface area contributed by atoms with Crippen molar-refractivity contribution in [2.45, 2.75) is 6.92 Å². The van der Waals surface area contributed by atoms with Crippen molar-refractivity contribution >= 4 is 5.97 Å². The summed E-state index contributed by atoms with van der Waals surface area (Å²) in [6.45, 7) is 1.86. The number of hydrogen-bond acceptors (Lipinski definition) is 3. The molecular weight excluding hydrogens is 208 g/mol. The van der Waals surface area contributed by atoms with Crippen LogP contribution in [0.4, 0.5) is 0 Å². The number of aromatic amines is 1. The van der Waals surface area contributed by atoms with Crippen LogP contribution in [0, 0.1) is 6.92 Å². The zero-order valence-corrected chi connectivity index (χ0v) is 8.56. The molecule has 16 heavy (non-hydrogen) atoms. The molecule has 5 heteroatoms. The highest BCUT2D eigenvalue weighted by Gasteiger charge is 2.11. The minimum atomic E-state index is -1.08. The number of carboxylic acid groups (broad SMARTS) is 1. The van der Waals surface area contributed by atoms with Crippen molar-refractivity contribution < 1.29 is 15.0 Å². The van der Waals surface area contributed by atoms with Crippen LogP contribution in [-0.2, 0) is 0 Å². The second kappa shape index (κ2) is 3.69. The van der Waals surface area contributed by atoms with Crippen LogP contribution >= 0.6 is 0 Å². The van der Waals surface area contributed by atoms with Crippen molar-refractivity contribution in [1.82, 2.24) is 10.2 Å². The van der Waals surface area contributed by atoms with Crippen LogP contribution in [0.2, 0.25) is 0 Å². The van der Waals surface area contributed by atoms with Crippen molar-refractivity contribution in [3.05, 3.63) is 35.5 Å². The summed E-state index contributed by atoms with van der Waals surface area (Å²) in [4.78, 5) is 10.7. The molecule has 1 aromatic heterocycles. The van der Waals surface area contributed by atoms with Crippen LogP contribution in [-0.4, -0.2) is 26.4 Å². The van der Waals surface area contributed by atoms with Gasteiger partial charge in [0.2, 0.25) is 0 Å². The Bertz CT molecular complexity index is 546. The molecule has 2 aromatic rings. The highest BCUT2D eigenvalue weighted by atomic mass is 16.4. The number of phenolic OH excluding ortho intramolecular Hbond substituents is 1. The van der Waals surface area contributed by atoms with Gasteiger partial charge in [0, 0.05) is 5.56 Å². The van der Waals surface area contributed by atoms with E-state index in [4.69, 9.17) is 5.11 Å². The Balaban J connectivity index is 2.46. The Labute approximate surface area is 91.4 Å². The predicted molar refractivity (Wildman–Crippen MR) is 57.4 cm³/mol. The topological polar surface area (TPSA) is 86.2 Å². The molecule has 0 unspecified atom stereocenters. The van der Waals surface area contributed by atoms with Crippen molar-refractivity contribution in [2.75, 3.05) is 0 Å². The van der Waals surface area contributed by atoms with E-state index in [1.807, 2.05) is 13.0 Å². The summed E-state index contributed by atoms with van der Waals surface area (Å²) >= 11 is 0. The molecule has 0 saturated carbocycles. The lowest BCUT2D eigenvalue weighted by Gasteiger charge is -2.01. The Morgan fingerprint density at radius 3 is 2.69 bits per heavy atom. The minimum absolute atomic E-state index is 0.00465. The lowest BCUT2D eigenvalue weighted by atomic mass is 10.1. The Hall–Kier alpha value is -2.30. The summed E-state index contributed by atoms with van der Waals surface area (Å²) in [5.41, 5.74) is 1.84. The highest BCUT2D eigenvalue weighted by Crippen LogP contribution is 2.28. The fourth-order valence-electron chi connectivity index (χ4n) is 1.43. The fraction of sp³-hybridized carbons (Fsp3) is 0.0909. The number of benzene rings is 1. The number of nitrogens with zero attached hydrogens (tertiary/aromatic N) is 1. The van der Waals surface area contributed by atoms with E-state index in [9.17, 15) is 9.90 Å². The summed E-state index contributed by atoms with van der Waals surface area (Å²) in [6, 6.07) is 6.51. The third-order valence-electron chi connectivity index (χ3n) is 2.24. The standard InChI is InChI=1S/C11H10N2O3/c1-6-2-3-7(10(14)4-6)8-5-9(11(15)16)13-12-8/h2-5,14H,1H3,(H,12,13)(H,15,16). The van der Waals surface area contributed by atoms with E-state index in [0.717, 1.165) is 5.56 Å². The number of aromatic hydroxyl groups is 1. The van der Waals surface area contributed by atoms with Gasteiger partial charge in [0.05, 0.1) is 5.69 Å². The van der Waals surface area contributed by atoms with Gasteiger partial charge in [0.15, 0.2) is 0 Å². The molecule has 0 bridgehead atoms. The molecule has 0 aliphatic carbocycles. The minimum Gasteiger partial charge on any atom is -0.507 e. The largest absolute Gasteiger partial charge is 0.507 e. The molecule has 0 aliphatic heterocycles. The van der Waals surface area contributed by atoms with Gasteiger partial charge in [-0.2, -0.15) is 5.10 Å². The third-order valence-corrected chi connectivity index (χ3v) is 2.24. The average molecular weight is 218 g/mol. The number of aromatic nitrogens is 2. The molecule has 0 amide bonds. The monoisotopic (exact) mass is 218 g/mol. The van der Waals surface area contributed by atoms with E-state index in [0.29, 0.717) is 11.3 Å². The van der Waals surface area contributed by atoms with Crippen molar-refractivity contribution in [3.8, 4) is 17.0 Å². The summed E-state index contributed by atoms with van der Waals surface area (Å²) in [7, 11) is 0. The van der Waals surface area contributed by atoms with E-state index in [1.54, 1.807) is 12.1 Å². The first-order chi connectivity index (χ1) is 7.58. The molecule has 0 fully saturated rings. The zero-order valence-electron chi connectivity index (χ0n) is 8.56. The highest BCUT2D eigenvalue weighted by molar-refractivity contribution is 5.87. The molecule has 3 N–H and O–H groups in total. The maximum absolute atomic E-state index is 10.7. The van der Waals surface area contributed by atoms with E-state index >= 15 is 0 Å². The smallest absolute Gasteiger partial charge is 0.353 e. The third kappa shape index (κ3) is 1.75. The molecule has 0 aliphatic rings. The SMILES string of the molecule is Cc1ccc(-c2cc(C(=O)O)[nH]n2)c(O)c1. The van der Waals surface area contributed by atoms with E-state index in [-0.39, 0.29) is 11.4 Å². The average Bonchev–Trinajstić information content (AvgIpc) is 2.66. The lowest BCUT2D eigenvalue weighted by Crippen LogP contribution is -1.95. The van der Waals surface area contributed by atoms with Gasteiger partial charge in [0.1, 0.15) is 11.4 Å². The fourth-order valence-corrected chi connectivity index (χ4v) is 1.43. The Morgan fingerprint density at radius 2 is 2.12 bits per heavy atom. The molecule has 0 spiro atoms. The Morgan fingerprint density at radius 1 is 1.38 bits per heavy atom.